The number of fused-ring (bicyclic) bond motifs is 4. The van der Waals surface area contributed by atoms with E-state index >= 15 is 0 Å². The number of aryl methyl sites for hydroxylation is 3. The van der Waals surface area contributed by atoms with E-state index < -0.39 is 21.3 Å². The van der Waals surface area contributed by atoms with E-state index in [-0.39, 0.29) is 0 Å². The van der Waals surface area contributed by atoms with Crippen LogP contribution in [0.5, 0.6) is 0 Å². The minimum absolute atomic E-state index is 0.433. The molecule has 0 radical (unpaired) electrons. The van der Waals surface area contributed by atoms with Crippen molar-refractivity contribution in [1.82, 2.24) is 0 Å². The molecule has 5 aromatic carbocycles. The first-order chi connectivity index (χ1) is 19.5. The Hall–Kier alpha value is -3.41. The average Bonchev–Trinajstić information content (AvgIpc) is 3.53. The molecule has 0 aromatic heterocycles. The zero-order chi connectivity index (χ0) is 27.4. The van der Waals surface area contributed by atoms with Crippen LogP contribution in [-0.4, -0.2) is 3.21 Å². The third-order valence-corrected chi connectivity index (χ3v) is 17.7. The van der Waals surface area contributed by atoms with Gasteiger partial charge in [0.1, 0.15) is 0 Å². The number of hydrogen-bond donors (Lipinski definition) is 0. The maximum atomic E-state index is 2.58. The van der Waals surface area contributed by atoms with Gasteiger partial charge in [0.15, 0.2) is 0 Å². The predicted molar refractivity (Wildman–Crippen MR) is 167 cm³/mol. The molecule has 0 amide bonds. The maximum absolute atomic E-state index is 2.75. The van der Waals surface area contributed by atoms with Crippen molar-refractivity contribution < 1.29 is 21.3 Å². The molecule has 7 rings (SSSR count). The molecule has 0 bridgehead atoms. The molecule has 40 heavy (non-hydrogen) atoms. The number of benzene rings is 5. The van der Waals surface area contributed by atoms with E-state index in [0.29, 0.717) is 7.25 Å². The van der Waals surface area contributed by atoms with Crippen LogP contribution >= 0.6 is 0 Å². The second kappa shape index (κ2) is 10.2. The number of rotatable bonds is 4. The third kappa shape index (κ3) is 4.18. The Balaban J connectivity index is 1.64. The van der Waals surface area contributed by atoms with Crippen LogP contribution in [0.3, 0.4) is 0 Å². The van der Waals surface area contributed by atoms with Gasteiger partial charge in [-0.15, -0.1) is 0 Å². The molecule has 0 saturated carbocycles. The van der Waals surface area contributed by atoms with Crippen LogP contribution in [0.25, 0.3) is 17.2 Å². The fraction of sp³-hybridized carbons (Fsp3) is 0.154. The van der Waals surface area contributed by atoms with Crippen LogP contribution in [0.15, 0.2) is 115 Å². The number of allylic oxidation sites excluding steroid dienone is 1. The van der Waals surface area contributed by atoms with Crippen molar-refractivity contribution in [2.75, 3.05) is 0 Å². The Morgan fingerprint density at radius 2 is 1.15 bits per heavy atom. The first-order valence-electron chi connectivity index (χ1n) is 14.4. The van der Waals surface area contributed by atoms with Crippen LogP contribution in [0.4, 0.5) is 0 Å². The molecule has 1 atom stereocenters. The van der Waals surface area contributed by atoms with Crippen LogP contribution in [-0.2, 0) is 21.3 Å². The summed E-state index contributed by atoms with van der Waals surface area (Å²) < 4.78 is 2.51. The molecule has 5 aromatic rings. The second-order valence-corrected chi connectivity index (χ2v) is 17.9. The molecule has 1 heteroatoms. The summed E-state index contributed by atoms with van der Waals surface area (Å²) >= 11 is -2.75. The first kappa shape index (κ1) is 25.6. The molecular weight excluding hydrogens is 560 g/mol. The summed E-state index contributed by atoms with van der Waals surface area (Å²) in [6, 6.07) is 41.6. The van der Waals surface area contributed by atoms with Crippen LogP contribution in [0, 0.1) is 27.7 Å². The van der Waals surface area contributed by atoms with Crippen LogP contribution in [0.1, 0.15) is 62.9 Å². The van der Waals surface area contributed by atoms with E-state index in [1.165, 1.54) is 50.1 Å². The summed E-state index contributed by atoms with van der Waals surface area (Å²) in [6.45, 7) is 9.14. The Bertz CT molecular complexity index is 1730. The number of hydrogen-bond acceptors (Lipinski definition) is 0. The summed E-state index contributed by atoms with van der Waals surface area (Å²) in [5.41, 5.74) is 17.3. The second-order valence-electron chi connectivity index (χ2n) is 11.5. The van der Waals surface area contributed by atoms with Gasteiger partial charge in [-0.3, -0.25) is 0 Å². The zero-order valence-electron chi connectivity index (χ0n) is 23.7. The average molecular weight is 594 g/mol. The van der Waals surface area contributed by atoms with E-state index in [2.05, 4.69) is 149 Å². The standard InChI is InChI=1S/C15H13.C13H10.C11H11.Zr/c1-10-3-5-14-12(7-10)9-13-8-11(2)4-6-15(13)14;1-3-7-12(8-4-1)11-13-9-5-2-6-10-13;1-8-6-7-10-4-3-5-11(10)9(8)2;/h3-9H,1-2H3;1-10H;3-7H,1-2H3;. The van der Waals surface area contributed by atoms with Gasteiger partial charge in [-0.05, 0) is 0 Å². The molecule has 0 spiro atoms. The molecule has 0 fully saturated rings. The Morgan fingerprint density at radius 3 is 1.70 bits per heavy atom. The van der Waals surface area contributed by atoms with Crippen molar-refractivity contribution in [2.45, 2.75) is 34.9 Å². The van der Waals surface area contributed by atoms with E-state index in [4.69, 9.17) is 0 Å². The van der Waals surface area contributed by atoms with Gasteiger partial charge in [0.05, 0.1) is 0 Å². The van der Waals surface area contributed by atoms with E-state index in [1.54, 1.807) is 19.9 Å². The van der Waals surface area contributed by atoms with Gasteiger partial charge >= 0.3 is 248 Å². The van der Waals surface area contributed by atoms with Crippen molar-refractivity contribution in [3.05, 3.63) is 171 Å². The van der Waals surface area contributed by atoms with Gasteiger partial charge in [0.2, 0.25) is 0 Å². The normalized spacial score (nSPS) is 15.1. The first-order valence-corrected chi connectivity index (χ1v) is 18.4. The fourth-order valence-corrected chi connectivity index (χ4v) is 17.1. The third-order valence-electron chi connectivity index (χ3n) is 8.98. The summed E-state index contributed by atoms with van der Waals surface area (Å²) in [6.07, 6.45) is 5.00. The van der Waals surface area contributed by atoms with Crippen molar-refractivity contribution >= 4 is 9.28 Å². The molecule has 2 aliphatic rings. The van der Waals surface area contributed by atoms with Crippen molar-refractivity contribution in [2.24, 2.45) is 0 Å². The summed E-state index contributed by atoms with van der Waals surface area (Å²) in [7, 11) is 0. The van der Waals surface area contributed by atoms with E-state index in [1.807, 2.05) is 0 Å². The molecule has 0 aliphatic heterocycles. The molecule has 0 nitrogen and oxygen atoms in total. The van der Waals surface area contributed by atoms with Crippen LogP contribution in [0.2, 0.25) is 0 Å². The van der Waals surface area contributed by atoms with Crippen LogP contribution < -0.4 is 0 Å². The van der Waals surface area contributed by atoms with Gasteiger partial charge < -0.3 is 0 Å². The zero-order valence-corrected chi connectivity index (χ0v) is 26.2. The summed E-state index contributed by atoms with van der Waals surface area (Å²) in [4.78, 5) is 0. The van der Waals surface area contributed by atoms with Gasteiger partial charge in [0, 0.05) is 0 Å². The van der Waals surface area contributed by atoms with Gasteiger partial charge in [-0.1, -0.05) is 0 Å². The Labute approximate surface area is 246 Å². The summed E-state index contributed by atoms with van der Waals surface area (Å²) in [5, 5.41) is 0. The molecule has 194 valence electrons. The molecular formula is C39H34Zr. The Kier molecular flexibility index (Phi) is 6.52. The molecule has 0 heterocycles. The van der Waals surface area contributed by atoms with Crippen molar-refractivity contribution in [3.8, 4) is 11.1 Å². The molecule has 0 saturated heterocycles. The van der Waals surface area contributed by atoms with E-state index in [0.717, 1.165) is 0 Å². The molecule has 1 unspecified atom stereocenters. The minimum atomic E-state index is -2.75. The van der Waals surface area contributed by atoms with Gasteiger partial charge in [-0.2, -0.15) is 0 Å². The Morgan fingerprint density at radius 1 is 0.600 bits per heavy atom. The van der Waals surface area contributed by atoms with Gasteiger partial charge in [0.25, 0.3) is 0 Å². The molecule has 0 N–H and O–H groups in total. The van der Waals surface area contributed by atoms with E-state index in [9.17, 15) is 0 Å². The van der Waals surface area contributed by atoms with Crippen molar-refractivity contribution in [1.29, 1.82) is 0 Å². The SMILES string of the molecule is Cc1ccc2c(c1)[CH]([Zr](=[C](c1ccccc1)c1ccccc1)[CH]1C=Cc3ccc(C)c(C)c31)c1cc(C)ccc1-2. The van der Waals surface area contributed by atoms with Gasteiger partial charge in [-0.25, -0.2) is 0 Å². The monoisotopic (exact) mass is 592 g/mol. The topological polar surface area (TPSA) is 0 Å². The summed E-state index contributed by atoms with van der Waals surface area (Å²) in [5.74, 6) is 0. The predicted octanol–water partition coefficient (Wildman–Crippen LogP) is 9.65. The quantitative estimate of drug-likeness (QED) is 0.195. The fourth-order valence-electron chi connectivity index (χ4n) is 7.00. The molecule has 2 aliphatic carbocycles. The van der Waals surface area contributed by atoms with Crippen molar-refractivity contribution in [3.63, 3.8) is 0 Å².